The fourth-order valence-corrected chi connectivity index (χ4v) is 2.29. The molecule has 0 heterocycles. The molecular weight excluding hydrogens is 368 g/mol. The Bertz CT molecular complexity index is 881. The minimum absolute atomic E-state index is 0.0498. The molecule has 0 unspecified atom stereocenters. The number of benzene rings is 2. The summed E-state index contributed by atoms with van der Waals surface area (Å²) >= 11 is 0. The zero-order valence-corrected chi connectivity index (χ0v) is 15.0. The molecule has 0 atom stereocenters. The third kappa shape index (κ3) is 5.90. The molecule has 0 aliphatic heterocycles. The van der Waals surface area contributed by atoms with E-state index in [1.165, 1.54) is 25.3 Å². The quantitative estimate of drug-likeness (QED) is 0.304. The van der Waals surface area contributed by atoms with Crippen molar-refractivity contribution in [1.29, 1.82) is 0 Å². The number of ketones is 1. The summed E-state index contributed by atoms with van der Waals surface area (Å²) in [5.74, 6) is -1.37. The number of Topliss-reactive ketones (excluding diaryl/α,β-unsaturated/α-hetero) is 1. The largest absolute Gasteiger partial charge is 0.497 e. The van der Waals surface area contributed by atoms with Crippen LogP contribution in [0.2, 0.25) is 0 Å². The van der Waals surface area contributed by atoms with Crippen LogP contribution >= 0.6 is 0 Å². The number of nitro groups is 1. The summed E-state index contributed by atoms with van der Waals surface area (Å²) < 4.78 is 9.78. The molecule has 0 fully saturated rings. The van der Waals surface area contributed by atoms with E-state index in [9.17, 15) is 24.5 Å². The van der Waals surface area contributed by atoms with Crippen molar-refractivity contribution >= 4 is 29.0 Å². The number of anilines is 1. The summed E-state index contributed by atoms with van der Waals surface area (Å²) in [6.07, 6.45) is -0.230. The molecule has 146 valence electrons. The fourth-order valence-electron chi connectivity index (χ4n) is 2.29. The monoisotopic (exact) mass is 386 g/mol. The highest BCUT2D eigenvalue weighted by atomic mass is 16.6. The topological polar surface area (TPSA) is 125 Å². The van der Waals surface area contributed by atoms with Crippen LogP contribution in [-0.4, -0.2) is 36.3 Å². The van der Waals surface area contributed by atoms with Crippen LogP contribution in [0.4, 0.5) is 11.4 Å². The van der Waals surface area contributed by atoms with E-state index in [1.807, 2.05) is 0 Å². The minimum atomic E-state index is -0.751. The lowest BCUT2D eigenvalue weighted by atomic mass is 10.1. The first kappa shape index (κ1) is 20.6. The average Bonchev–Trinajstić information content (AvgIpc) is 2.70. The molecule has 0 aliphatic carbocycles. The lowest BCUT2D eigenvalue weighted by Crippen LogP contribution is -2.21. The Morgan fingerprint density at radius 2 is 1.79 bits per heavy atom. The van der Waals surface area contributed by atoms with Crippen LogP contribution in [0.1, 0.15) is 23.2 Å². The molecule has 0 spiro atoms. The molecular formula is C19H18N2O7. The van der Waals surface area contributed by atoms with Crippen LogP contribution in [0.5, 0.6) is 5.75 Å². The smallest absolute Gasteiger partial charge is 0.306 e. The van der Waals surface area contributed by atoms with Crippen molar-refractivity contribution in [2.75, 3.05) is 19.0 Å². The number of nitro benzene ring substituents is 1. The van der Waals surface area contributed by atoms with Gasteiger partial charge in [-0.1, -0.05) is 30.3 Å². The normalized spacial score (nSPS) is 10.0. The Morgan fingerprint density at radius 3 is 2.43 bits per heavy atom. The van der Waals surface area contributed by atoms with Gasteiger partial charge in [-0.2, -0.15) is 0 Å². The summed E-state index contributed by atoms with van der Waals surface area (Å²) in [7, 11) is 1.38. The number of carbonyl (C=O) groups excluding carboxylic acids is 3. The van der Waals surface area contributed by atoms with Gasteiger partial charge in [0.1, 0.15) is 11.4 Å². The van der Waals surface area contributed by atoms with Gasteiger partial charge in [-0.3, -0.25) is 24.5 Å². The molecule has 0 bridgehead atoms. The van der Waals surface area contributed by atoms with Crippen LogP contribution in [-0.2, 0) is 14.3 Å². The van der Waals surface area contributed by atoms with Gasteiger partial charge >= 0.3 is 5.97 Å². The van der Waals surface area contributed by atoms with E-state index in [2.05, 4.69) is 5.32 Å². The van der Waals surface area contributed by atoms with Crippen molar-refractivity contribution in [2.45, 2.75) is 12.8 Å². The van der Waals surface area contributed by atoms with Crippen LogP contribution in [0.3, 0.4) is 0 Å². The molecule has 0 radical (unpaired) electrons. The maximum absolute atomic E-state index is 11.9. The van der Waals surface area contributed by atoms with Gasteiger partial charge in [0.15, 0.2) is 12.4 Å². The lowest BCUT2D eigenvalue weighted by molar-refractivity contribution is -0.383. The number of nitrogens with one attached hydrogen (secondary N) is 1. The molecule has 2 rings (SSSR count). The summed E-state index contributed by atoms with van der Waals surface area (Å²) in [5, 5.41) is 13.3. The Morgan fingerprint density at radius 1 is 1.07 bits per heavy atom. The van der Waals surface area contributed by atoms with E-state index < -0.39 is 23.4 Å². The molecule has 0 saturated carbocycles. The summed E-state index contributed by atoms with van der Waals surface area (Å²) in [5.41, 5.74) is 0.0805. The number of esters is 1. The van der Waals surface area contributed by atoms with E-state index >= 15 is 0 Å². The Balaban J connectivity index is 1.84. The number of hydrogen-bond acceptors (Lipinski definition) is 7. The van der Waals surface area contributed by atoms with E-state index in [0.29, 0.717) is 11.3 Å². The highest BCUT2D eigenvalue weighted by Gasteiger charge is 2.18. The van der Waals surface area contributed by atoms with Crippen LogP contribution < -0.4 is 10.1 Å². The Kier molecular flexibility index (Phi) is 7.21. The predicted octanol–water partition coefficient (Wildman–Crippen LogP) is 2.75. The summed E-state index contributed by atoms with van der Waals surface area (Å²) in [6, 6.07) is 12.4. The zero-order chi connectivity index (χ0) is 20.5. The molecule has 1 N–H and O–H groups in total. The summed E-state index contributed by atoms with van der Waals surface area (Å²) in [6.45, 7) is -0.632. The number of amides is 1. The van der Waals surface area contributed by atoms with E-state index in [-0.39, 0.29) is 30.0 Å². The van der Waals surface area contributed by atoms with Crippen molar-refractivity contribution in [3.63, 3.8) is 0 Å². The minimum Gasteiger partial charge on any atom is -0.497 e. The molecule has 1 amide bonds. The second-order valence-corrected chi connectivity index (χ2v) is 5.64. The third-order valence-corrected chi connectivity index (χ3v) is 3.69. The van der Waals surface area contributed by atoms with Gasteiger partial charge in [-0.25, -0.2) is 0 Å². The molecule has 2 aromatic carbocycles. The number of rotatable bonds is 9. The van der Waals surface area contributed by atoms with Gasteiger partial charge in [0.25, 0.3) is 11.6 Å². The highest BCUT2D eigenvalue weighted by molar-refractivity contribution is 5.98. The van der Waals surface area contributed by atoms with Crippen LogP contribution in [0.25, 0.3) is 0 Å². The number of nitrogens with zero attached hydrogens (tertiary/aromatic N) is 1. The molecule has 0 aromatic heterocycles. The first-order chi connectivity index (χ1) is 13.4. The number of ether oxygens (including phenoxy) is 2. The predicted molar refractivity (Wildman–Crippen MR) is 99.2 cm³/mol. The van der Waals surface area contributed by atoms with Crippen molar-refractivity contribution in [2.24, 2.45) is 0 Å². The zero-order valence-electron chi connectivity index (χ0n) is 15.0. The van der Waals surface area contributed by atoms with E-state index in [4.69, 9.17) is 9.47 Å². The number of carbonyl (C=O) groups is 3. The van der Waals surface area contributed by atoms with Crippen molar-refractivity contribution < 1.29 is 28.8 Å². The molecule has 9 nitrogen and oxygen atoms in total. The molecule has 0 aliphatic rings. The average molecular weight is 386 g/mol. The van der Waals surface area contributed by atoms with Crippen molar-refractivity contribution in [1.82, 2.24) is 0 Å². The van der Waals surface area contributed by atoms with Crippen LogP contribution in [0.15, 0.2) is 48.5 Å². The summed E-state index contributed by atoms with van der Waals surface area (Å²) in [4.78, 5) is 46.0. The standard InChI is InChI=1S/C19H18N2O7/c1-27-14-7-8-16(21(25)26)15(11-14)20-18(23)12-28-19(24)10-9-17(22)13-5-3-2-4-6-13/h2-8,11H,9-10,12H2,1H3,(H,20,23). The van der Waals surface area contributed by atoms with Gasteiger partial charge in [0, 0.05) is 24.1 Å². The Labute approximate surface area is 160 Å². The first-order valence-electron chi connectivity index (χ1n) is 8.27. The molecule has 9 heteroatoms. The molecule has 2 aromatic rings. The fraction of sp³-hybridized carbons (Fsp3) is 0.211. The van der Waals surface area contributed by atoms with E-state index in [0.717, 1.165) is 0 Å². The van der Waals surface area contributed by atoms with Crippen molar-refractivity contribution in [3.8, 4) is 5.75 Å². The SMILES string of the molecule is COc1ccc([N+](=O)[O-])c(NC(=O)COC(=O)CCC(=O)c2ccccc2)c1. The Hall–Kier alpha value is -3.75. The van der Waals surface area contributed by atoms with Gasteiger partial charge < -0.3 is 14.8 Å². The molecule has 28 heavy (non-hydrogen) atoms. The third-order valence-electron chi connectivity index (χ3n) is 3.69. The van der Waals surface area contributed by atoms with Gasteiger partial charge in [-0.15, -0.1) is 0 Å². The van der Waals surface area contributed by atoms with Gasteiger partial charge in [0.2, 0.25) is 0 Å². The maximum atomic E-state index is 11.9. The second-order valence-electron chi connectivity index (χ2n) is 5.64. The van der Waals surface area contributed by atoms with Crippen molar-refractivity contribution in [3.05, 3.63) is 64.2 Å². The van der Waals surface area contributed by atoms with Crippen LogP contribution in [0, 0.1) is 10.1 Å². The van der Waals surface area contributed by atoms with Gasteiger partial charge in [-0.05, 0) is 6.07 Å². The number of hydrogen-bond donors (Lipinski definition) is 1. The maximum Gasteiger partial charge on any atom is 0.306 e. The highest BCUT2D eigenvalue weighted by Crippen LogP contribution is 2.28. The van der Waals surface area contributed by atoms with E-state index in [1.54, 1.807) is 30.3 Å². The first-order valence-corrected chi connectivity index (χ1v) is 8.27. The molecule has 0 saturated heterocycles. The second kappa shape index (κ2) is 9.81. The van der Waals surface area contributed by atoms with Gasteiger partial charge in [0.05, 0.1) is 18.5 Å². The number of methoxy groups -OCH3 is 1. The lowest BCUT2D eigenvalue weighted by Gasteiger charge is -2.08.